The Labute approximate surface area is 120 Å². The molecule has 0 amide bonds. The van der Waals surface area contributed by atoms with Crippen molar-refractivity contribution in [1.29, 1.82) is 0 Å². The number of carbonyl (C=O) groups is 1. The molecule has 0 N–H and O–H groups in total. The summed E-state index contributed by atoms with van der Waals surface area (Å²) in [4.78, 5) is 20.9. The number of rotatable bonds is 3. The minimum absolute atomic E-state index is 0.00452. The molecule has 1 aromatic carbocycles. The van der Waals surface area contributed by atoms with Crippen LogP contribution in [-0.2, 0) is 9.53 Å². The highest BCUT2D eigenvalue weighted by molar-refractivity contribution is 5.87. The standard InChI is InChI=1S/C11H11NO4.2C2H6/c1-8-3-5-10(12(14)15)7-9(8)4-6-11(13)16-2;2*1-2/h3-7H,1-2H3;2*1-2H3/b6-4+;;. The van der Waals surface area contributed by atoms with E-state index in [0.717, 1.165) is 5.56 Å². The second-order valence-corrected chi connectivity index (χ2v) is 3.15. The summed E-state index contributed by atoms with van der Waals surface area (Å²) in [7, 11) is 1.27. The summed E-state index contributed by atoms with van der Waals surface area (Å²) in [5, 5.41) is 10.5. The summed E-state index contributed by atoms with van der Waals surface area (Å²) >= 11 is 0. The minimum Gasteiger partial charge on any atom is -0.466 e. The molecule has 1 aromatic rings. The first-order chi connectivity index (χ1) is 9.54. The van der Waals surface area contributed by atoms with Crippen molar-refractivity contribution >= 4 is 17.7 Å². The first-order valence-electron chi connectivity index (χ1n) is 6.55. The van der Waals surface area contributed by atoms with Gasteiger partial charge in [0.15, 0.2) is 0 Å². The molecule has 112 valence electrons. The Bertz CT molecular complexity index is 453. The van der Waals surface area contributed by atoms with Gasteiger partial charge in [0.2, 0.25) is 0 Å². The zero-order valence-corrected chi connectivity index (χ0v) is 13.0. The largest absolute Gasteiger partial charge is 0.466 e. The molecular weight excluding hydrogens is 258 g/mol. The molecule has 0 atom stereocenters. The van der Waals surface area contributed by atoms with Crippen molar-refractivity contribution in [2.24, 2.45) is 0 Å². The second-order valence-electron chi connectivity index (χ2n) is 3.15. The molecule has 0 saturated heterocycles. The van der Waals surface area contributed by atoms with E-state index in [-0.39, 0.29) is 5.69 Å². The zero-order valence-electron chi connectivity index (χ0n) is 13.0. The molecular formula is C15H23NO4. The van der Waals surface area contributed by atoms with Crippen molar-refractivity contribution in [3.63, 3.8) is 0 Å². The summed E-state index contributed by atoms with van der Waals surface area (Å²) in [5.41, 5.74) is 1.47. The van der Waals surface area contributed by atoms with Crippen molar-refractivity contribution in [3.8, 4) is 0 Å². The van der Waals surface area contributed by atoms with E-state index >= 15 is 0 Å². The maximum Gasteiger partial charge on any atom is 0.330 e. The van der Waals surface area contributed by atoms with Crippen LogP contribution >= 0.6 is 0 Å². The number of nitro benzene ring substituents is 1. The number of esters is 1. The molecule has 0 spiro atoms. The van der Waals surface area contributed by atoms with E-state index in [2.05, 4.69) is 4.74 Å². The lowest BCUT2D eigenvalue weighted by molar-refractivity contribution is -0.384. The van der Waals surface area contributed by atoms with Crippen molar-refractivity contribution in [2.45, 2.75) is 34.6 Å². The predicted molar refractivity (Wildman–Crippen MR) is 81.6 cm³/mol. The third-order valence-corrected chi connectivity index (χ3v) is 2.07. The molecule has 1 rings (SSSR count). The van der Waals surface area contributed by atoms with E-state index in [1.54, 1.807) is 13.0 Å². The van der Waals surface area contributed by atoms with Gasteiger partial charge in [-0.05, 0) is 24.1 Å². The van der Waals surface area contributed by atoms with Gasteiger partial charge in [0.25, 0.3) is 5.69 Å². The Morgan fingerprint density at radius 2 is 1.80 bits per heavy atom. The first kappa shape index (κ1) is 20.2. The number of methoxy groups -OCH3 is 1. The molecule has 0 unspecified atom stereocenters. The molecule has 0 aliphatic heterocycles. The Morgan fingerprint density at radius 1 is 1.25 bits per heavy atom. The van der Waals surface area contributed by atoms with Crippen LogP contribution in [0, 0.1) is 17.0 Å². The maximum atomic E-state index is 10.9. The average Bonchev–Trinajstić information content (AvgIpc) is 2.49. The lowest BCUT2D eigenvalue weighted by atomic mass is 10.1. The Balaban J connectivity index is 0. The van der Waals surface area contributed by atoms with Gasteiger partial charge in [0, 0.05) is 18.2 Å². The van der Waals surface area contributed by atoms with E-state index in [9.17, 15) is 14.9 Å². The molecule has 0 radical (unpaired) electrons. The fourth-order valence-electron chi connectivity index (χ4n) is 1.15. The van der Waals surface area contributed by atoms with Gasteiger partial charge >= 0.3 is 5.97 Å². The van der Waals surface area contributed by atoms with Crippen LogP contribution < -0.4 is 0 Å². The van der Waals surface area contributed by atoms with Gasteiger partial charge in [-0.1, -0.05) is 33.8 Å². The van der Waals surface area contributed by atoms with Crippen LogP contribution in [0.25, 0.3) is 6.08 Å². The molecule has 0 aliphatic carbocycles. The Kier molecular flexibility index (Phi) is 12.0. The molecule has 0 saturated carbocycles. The number of ether oxygens (including phenoxy) is 1. The van der Waals surface area contributed by atoms with E-state index in [4.69, 9.17) is 0 Å². The van der Waals surface area contributed by atoms with Crippen LogP contribution in [0.3, 0.4) is 0 Å². The van der Waals surface area contributed by atoms with Gasteiger partial charge < -0.3 is 4.74 Å². The van der Waals surface area contributed by atoms with Crippen LogP contribution in [0.4, 0.5) is 5.69 Å². The summed E-state index contributed by atoms with van der Waals surface area (Å²) in [6.07, 6.45) is 2.72. The molecule has 5 heteroatoms. The zero-order chi connectivity index (χ0) is 16.1. The van der Waals surface area contributed by atoms with Crippen molar-refractivity contribution < 1.29 is 14.5 Å². The van der Waals surface area contributed by atoms with Crippen LogP contribution in [0.2, 0.25) is 0 Å². The number of carbonyl (C=O) groups excluding carboxylic acids is 1. The van der Waals surface area contributed by atoms with E-state index in [1.807, 2.05) is 27.7 Å². The average molecular weight is 281 g/mol. The monoisotopic (exact) mass is 281 g/mol. The lowest BCUT2D eigenvalue weighted by Gasteiger charge is -1.99. The molecule has 0 heterocycles. The number of hydrogen-bond donors (Lipinski definition) is 0. The molecule has 20 heavy (non-hydrogen) atoms. The molecule has 0 fully saturated rings. The topological polar surface area (TPSA) is 69.4 Å². The first-order valence-corrected chi connectivity index (χ1v) is 6.55. The fourth-order valence-corrected chi connectivity index (χ4v) is 1.15. The third-order valence-electron chi connectivity index (χ3n) is 2.07. The van der Waals surface area contributed by atoms with Crippen LogP contribution in [0.5, 0.6) is 0 Å². The summed E-state index contributed by atoms with van der Waals surface area (Å²) in [6.45, 7) is 9.81. The van der Waals surface area contributed by atoms with Gasteiger partial charge in [0.05, 0.1) is 12.0 Å². The Hall–Kier alpha value is -2.17. The number of non-ortho nitro benzene ring substituents is 1. The minimum atomic E-state index is -0.495. The highest BCUT2D eigenvalue weighted by Crippen LogP contribution is 2.18. The number of benzene rings is 1. The van der Waals surface area contributed by atoms with Gasteiger partial charge in [-0.3, -0.25) is 10.1 Å². The van der Waals surface area contributed by atoms with Gasteiger partial charge in [-0.2, -0.15) is 0 Å². The molecule has 0 aliphatic rings. The van der Waals surface area contributed by atoms with Gasteiger partial charge in [-0.25, -0.2) is 4.79 Å². The smallest absolute Gasteiger partial charge is 0.330 e. The van der Waals surface area contributed by atoms with E-state index in [1.165, 1.54) is 31.4 Å². The van der Waals surface area contributed by atoms with Crippen molar-refractivity contribution in [1.82, 2.24) is 0 Å². The summed E-state index contributed by atoms with van der Waals surface area (Å²) in [5.74, 6) is -0.495. The van der Waals surface area contributed by atoms with Crippen LogP contribution in [0.1, 0.15) is 38.8 Å². The lowest BCUT2D eigenvalue weighted by Crippen LogP contribution is -1.94. The van der Waals surface area contributed by atoms with Gasteiger partial charge in [-0.15, -0.1) is 0 Å². The molecule has 0 bridgehead atoms. The number of nitro groups is 1. The van der Waals surface area contributed by atoms with E-state index in [0.29, 0.717) is 5.56 Å². The highest BCUT2D eigenvalue weighted by atomic mass is 16.6. The van der Waals surface area contributed by atoms with Crippen molar-refractivity contribution in [3.05, 3.63) is 45.5 Å². The highest BCUT2D eigenvalue weighted by Gasteiger charge is 2.06. The summed E-state index contributed by atoms with van der Waals surface area (Å²) < 4.78 is 4.43. The maximum absolute atomic E-state index is 10.9. The number of hydrogen-bond acceptors (Lipinski definition) is 4. The van der Waals surface area contributed by atoms with Crippen LogP contribution in [-0.4, -0.2) is 18.0 Å². The third kappa shape index (κ3) is 7.31. The second kappa shape index (κ2) is 11.9. The Morgan fingerprint density at radius 3 is 2.25 bits per heavy atom. The number of aryl methyl sites for hydroxylation is 1. The molecule has 5 nitrogen and oxygen atoms in total. The molecule has 0 aromatic heterocycles. The summed E-state index contributed by atoms with van der Waals surface area (Å²) in [6, 6.07) is 4.47. The van der Waals surface area contributed by atoms with Crippen LogP contribution in [0.15, 0.2) is 24.3 Å². The fraction of sp³-hybridized carbons (Fsp3) is 0.400. The predicted octanol–water partition coefficient (Wildman–Crippen LogP) is 4.14. The quantitative estimate of drug-likeness (QED) is 0.361. The number of nitrogens with zero attached hydrogens (tertiary/aromatic N) is 1. The SMILES string of the molecule is CC.CC.COC(=O)/C=C/c1cc([N+](=O)[O-])ccc1C. The van der Waals surface area contributed by atoms with Crippen molar-refractivity contribution in [2.75, 3.05) is 7.11 Å². The normalized spacial score (nSPS) is 8.90. The van der Waals surface area contributed by atoms with E-state index < -0.39 is 10.9 Å². The van der Waals surface area contributed by atoms with Gasteiger partial charge in [0.1, 0.15) is 0 Å².